The van der Waals surface area contributed by atoms with Gasteiger partial charge < -0.3 is 4.74 Å². The van der Waals surface area contributed by atoms with Gasteiger partial charge in [0, 0.05) is 6.07 Å². The highest BCUT2D eigenvalue weighted by Gasteiger charge is 2.38. The van der Waals surface area contributed by atoms with Crippen LogP contribution >= 0.6 is 11.8 Å². The summed E-state index contributed by atoms with van der Waals surface area (Å²) in [5.74, 6) is -0.116. The molecule has 1 saturated heterocycles. The largest absolute Gasteiger partial charge is 0.492 e. The van der Waals surface area contributed by atoms with E-state index in [1.165, 1.54) is 18.2 Å². The van der Waals surface area contributed by atoms with Crippen LogP contribution in [-0.4, -0.2) is 22.7 Å². The predicted molar refractivity (Wildman–Crippen MR) is 99.2 cm³/mol. The first-order valence-electron chi connectivity index (χ1n) is 7.76. The number of rotatable bonds is 5. The Morgan fingerprint density at radius 1 is 1.15 bits per heavy atom. The zero-order chi connectivity index (χ0) is 18.7. The summed E-state index contributed by atoms with van der Waals surface area (Å²) in [5.41, 5.74) is 0.484. The molecule has 1 aliphatic heterocycles. The zero-order valence-electron chi connectivity index (χ0n) is 13.7. The van der Waals surface area contributed by atoms with Gasteiger partial charge in [-0.3, -0.25) is 19.7 Å². The molecule has 1 fully saturated rings. The van der Waals surface area contributed by atoms with Crippen LogP contribution in [0, 0.1) is 10.1 Å². The lowest BCUT2D eigenvalue weighted by atomic mass is 10.1. The number of carbonyl (C=O) groups excluding carboxylic acids is 2. The summed E-state index contributed by atoms with van der Waals surface area (Å²) in [6, 6.07) is 12.8. The molecule has 7 nitrogen and oxygen atoms in total. The Hall–Kier alpha value is -3.13. The number of imide groups is 1. The minimum atomic E-state index is -0.537. The van der Waals surface area contributed by atoms with Gasteiger partial charge in [0.05, 0.1) is 27.7 Å². The fourth-order valence-electron chi connectivity index (χ4n) is 2.51. The Bertz CT molecular complexity index is 925. The molecule has 2 aromatic carbocycles. The van der Waals surface area contributed by atoms with E-state index in [4.69, 9.17) is 4.74 Å². The van der Waals surface area contributed by atoms with Crippen LogP contribution < -0.4 is 9.64 Å². The second-order valence-corrected chi connectivity index (χ2v) is 6.23. The first-order valence-corrected chi connectivity index (χ1v) is 8.57. The van der Waals surface area contributed by atoms with Crippen LogP contribution in [0.2, 0.25) is 0 Å². The van der Waals surface area contributed by atoms with Crippen LogP contribution in [0.15, 0.2) is 53.4 Å². The molecular weight excluding hydrogens is 356 g/mol. The Morgan fingerprint density at radius 3 is 2.58 bits per heavy atom. The zero-order valence-corrected chi connectivity index (χ0v) is 14.6. The summed E-state index contributed by atoms with van der Waals surface area (Å²) in [6.07, 6.45) is 1.37. The Morgan fingerprint density at radius 2 is 1.85 bits per heavy atom. The maximum Gasteiger partial charge on any atom is 0.298 e. The molecule has 0 spiro atoms. The molecule has 132 valence electrons. The van der Waals surface area contributed by atoms with Gasteiger partial charge in [-0.05, 0) is 43.0 Å². The monoisotopic (exact) mass is 370 g/mol. The number of nitrogens with zero attached hydrogens (tertiary/aromatic N) is 2. The number of carbonyl (C=O) groups is 2. The molecule has 2 aromatic rings. The number of benzene rings is 2. The van der Waals surface area contributed by atoms with Gasteiger partial charge in [-0.15, -0.1) is 0 Å². The first-order chi connectivity index (χ1) is 12.5. The molecule has 26 heavy (non-hydrogen) atoms. The van der Waals surface area contributed by atoms with E-state index in [9.17, 15) is 19.7 Å². The molecule has 0 N–H and O–H groups in total. The molecule has 1 heterocycles. The summed E-state index contributed by atoms with van der Waals surface area (Å²) in [4.78, 5) is 36.9. The number of hydrogen-bond acceptors (Lipinski definition) is 6. The SMILES string of the molecule is CCOc1ccccc1N1C(=O)S/C(=C\c2ccccc2[N+](=O)[O-])C1=O. The number of nitro benzene ring substituents is 1. The van der Waals surface area contributed by atoms with Gasteiger partial charge in [0.2, 0.25) is 0 Å². The smallest absolute Gasteiger partial charge is 0.298 e. The summed E-state index contributed by atoms with van der Waals surface area (Å²) in [5, 5.41) is 10.7. The van der Waals surface area contributed by atoms with Crippen LogP contribution in [0.4, 0.5) is 16.2 Å². The van der Waals surface area contributed by atoms with Crippen molar-refractivity contribution in [3.63, 3.8) is 0 Å². The third kappa shape index (κ3) is 3.31. The molecule has 3 rings (SSSR count). The Labute approximate surface area is 153 Å². The quantitative estimate of drug-likeness (QED) is 0.444. The third-order valence-corrected chi connectivity index (χ3v) is 4.49. The van der Waals surface area contributed by atoms with E-state index < -0.39 is 16.1 Å². The maximum atomic E-state index is 12.7. The van der Waals surface area contributed by atoms with Gasteiger partial charge in [-0.2, -0.15) is 0 Å². The van der Waals surface area contributed by atoms with Crippen molar-refractivity contribution in [1.82, 2.24) is 0 Å². The Kier molecular flexibility index (Phi) is 5.04. The van der Waals surface area contributed by atoms with Gasteiger partial charge in [-0.1, -0.05) is 24.3 Å². The lowest BCUT2D eigenvalue weighted by Gasteiger charge is -2.16. The molecule has 0 bridgehead atoms. The number of para-hydroxylation sites is 3. The normalized spacial score (nSPS) is 15.6. The lowest BCUT2D eigenvalue weighted by molar-refractivity contribution is -0.385. The molecule has 0 saturated carbocycles. The molecule has 1 aliphatic rings. The first kappa shape index (κ1) is 17.7. The second-order valence-electron chi connectivity index (χ2n) is 5.23. The molecule has 0 aromatic heterocycles. The minimum absolute atomic E-state index is 0.121. The van der Waals surface area contributed by atoms with E-state index in [2.05, 4.69) is 0 Å². The van der Waals surface area contributed by atoms with Gasteiger partial charge in [-0.25, -0.2) is 4.90 Å². The maximum absolute atomic E-state index is 12.7. The molecule has 0 radical (unpaired) electrons. The van der Waals surface area contributed by atoms with Crippen molar-refractivity contribution in [2.24, 2.45) is 0 Å². The van der Waals surface area contributed by atoms with Crippen molar-refractivity contribution in [2.75, 3.05) is 11.5 Å². The average molecular weight is 370 g/mol. The van der Waals surface area contributed by atoms with Gasteiger partial charge in [0.1, 0.15) is 5.75 Å². The highest BCUT2D eigenvalue weighted by atomic mass is 32.2. The molecule has 0 aliphatic carbocycles. The number of amides is 2. The van der Waals surface area contributed by atoms with Gasteiger partial charge >= 0.3 is 0 Å². The van der Waals surface area contributed by atoms with Crippen LogP contribution in [0.5, 0.6) is 5.75 Å². The third-order valence-electron chi connectivity index (χ3n) is 3.62. The van der Waals surface area contributed by atoms with Crippen LogP contribution in [-0.2, 0) is 4.79 Å². The van der Waals surface area contributed by atoms with Crippen LogP contribution in [0.3, 0.4) is 0 Å². The second kappa shape index (κ2) is 7.40. The summed E-state index contributed by atoms with van der Waals surface area (Å²) in [7, 11) is 0. The molecular formula is C18H14N2O5S. The van der Waals surface area contributed by atoms with Gasteiger partial charge in [0.25, 0.3) is 16.8 Å². The molecule has 0 atom stereocenters. The number of anilines is 1. The molecule has 8 heteroatoms. The van der Waals surface area contributed by atoms with Crippen molar-refractivity contribution in [2.45, 2.75) is 6.92 Å². The Balaban J connectivity index is 1.99. The van der Waals surface area contributed by atoms with Crippen LogP contribution in [0.25, 0.3) is 6.08 Å². The van der Waals surface area contributed by atoms with E-state index in [0.717, 1.165) is 16.7 Å². The van der Waals surface area contributed by atoms with E-state index in [-0.39, 0.29) is 16.2 Å². The van der Waals surface area contributed by atoms with E-state index in [1.807, 2.05) is 0 Å². The van der Waals surface area contributed by atoms with Crippen molar-refractivity contribution >= 4 is 40.4 Å². The highest BCUT2D eigenvalue weighted by molar-refractivity contribution is 8.19. The topological polar surface area (TPSA) is 89.8 Å². The summed E-state index contributed by atoms with van der Waals surface area (Å²) in [6.45, 7) is 2.19. The van der Waals surface area contributed by atoms with E-state index in [0.29, 0.717) is 18.0 Å². The van der Waals surface area contributed by atoms with Crippen molar-refractivity contribution in [1.29, 1.82) is 0 Å². The molecule has 2 amide bonds. The van der Waals surface area contributed by atoms with E-state index in [1.54, 1.807) is 43.3 Å². The fraction of sp³-hybridized carbons (Fsp3) is 0.111. The number of ether oxygens (including phenoxy) is 1. The van der Waals surface area contributed by atoms with Gasteiger partial charge in [0.15, 0.2) is 0 Å². The number of hydrogen-bond donors (Lipinski definition) is 0. The minimum Gasteiger partial charge on any atom is -0.492 e. The van der Waals surface area contributed by atoms with Crippen molar-refractivity contribution < 1.29 is 19.2 Å². The summed E-state index contributed by atoms with van der Waals surface area (Å²) < 4.78 is 5.49. The fourth-order valence-corrected chi connectivity index (χ4v) is 3.34. The van der Waals surface area contributed by atoms with E-state index >= 15 is 0 Å². The molecule has 0 unspecified atom stereocenters. The number of thioether (sulfide) groups is 1. The predicted octanol–water partition coefficient (Wildman–Crippen LogP) is 4.23. The van der Waals surface area contributed by atoms with Crippen molar-refractivity contribution in [3.05, 3.63) is 69.1 Å². The lowest BCUT2D eigenvalue weighted by Crippen LogP contribution is -2.28. The number of nitro groups is 1. The van der Waals surface area contributed by atoms with Crippen molar-refractivity contribution in [3.8, 4) is 5.75 Å². The van der Waals surface area contributed by atoms with Crippen LogP contribution in [0.1, 0.15) is 12.5 Å². The highest BCUT2D eigenvalue weighted by Crippen LogP contribution is 2.40. The summed E-state index contributed by atoms with van der Waals surface area (Å²) >= 11 is 0.739. The standard InChI is InChI=1S/C18H14N2O5S/c1-2-25-15-10-6-5-9-14(15)19-17(21)16(26-18(19)22)11-12-7-3-4-8-13(12)20(23)24/h3-11H,2H2,1H3/b16-11-. The average Bonchev–Trinajstić information content (AvgIpc) is 2.90.